The maximum atomic E-state index is 12.9. The van der Waals surface area contributed by atoms with Crippen molar-refractivity contribution >= 4 is 34.4 Å². The quantitative estimate of drug-likeness (QED) is 0.843. The number of amides is 4. The molecule has 7 nitrogen and oxygen atoms in total. The molecule has 7 heteroatoms. The second kappa shape index (κ2) is 5.47. The third-order valence-corrected chi connectivity index (χ3v) is 5.18. The van der Waals surface area contributed by atoms with Crippen LogP contribution < -0.4 is 0 Å². The maximum absolute atomic E-state index is 12.9. The number of carbonyl (C=O) groups excluding carboxylic acids is 4. The van der Waals surface area contributed by atoms with E-state index in [0.29, 0.717) is 28.3 Å². The fraction of sp³-hybridized carbons (Fsp3) is 0.263. The molecule has 0 saturated heterocycles. The molecule has 0 bridgehead atoms. The van der Waals surface area contributed by atoms with Crippen LogP contribution in [0.2, 0.25) is 0 Å². The van der Waals surface area contributed by atoms with Gasteiger partial charge in [-0.2, -0.15) is 0 Å². The first-order valence-electron chi connectivity index (χ1n) is 8.33. The van der Waals surface area contributed by atoms with Crippen molar-refractivity contribution in [2.75, 3.05) is 13.7 Å². The molecule has 0 saturated carbocycles. The van der Waals surface area contributed by atoms with Crippen LogP contribution >= 0.6 is 0 Å². The summed E-state index contributed by atoms with van der Waals surface area (Å²) in [5.74, 6) is -1.97. The summed E-state index contributed by atoms with van der Waals surface area (Å²) in [5.41, 5.74) is 1.12. The zero-order valence-corrected chi connectivity index (χ0v) is 14.3. The molecule has 4 amide bonds. The van der Waals surface area contributed by atoms with Crippen molar-refractivity contribution in [3.8, 4) is 0 Å². The number of aliphatic hydroxyl groups is 1. The highest BCUT2D eigenvalue weighted by molar-refractivity contribution is 6.33. The van der Waals surface area contributed by atoms with Gasteiger partial charge in [-0.25, -0.2) is 0 Å². The number of hydrogen-bond donors (Lipinski definition) is 1. The van der Waals surface area contributed by atoms with Gasteiger partial charge in [0.1, 0.15) is 0 Å². The van der Waals surface area contributed by atoms with Gasteiger partial charge >= 0.3 is 0 Å². The van der Waals surface area contributed by atoms with Gasteiger partial charge in [-0.15, -0.1) is 0 Å². The monoisotopic (exact) mass is 352 g/mol. The second-order valence-corrected chi connectivity index (χ2v) is 6.47. The second-order valence-electron chi connectivity index (χ2n) is 6.47. The minimum absolute atomic E-state index is 0.261. The van der Waals surface area contributed by atoms with E-state index in [4.69, 9.17) is 0 Å². The van der Waals surface area contributed by atoms with Crippen LogP contribution in [0.25, 0.3) is 10.8 Å². The molecule has 0 aromatic heterocycles. The molecular formula is C19H16N2O5. The van der Waals surface area contributed by atoms with Crippen molar-refractivity contribution < 1.29 is 24.3 Å². The molecule has 0 fully saturated rings. The van der Waals surface area contributed by atoms with Crippen LogP contribution in [0.5, 0.6) is 0 Å². The third kappa shape index (κ3) is 1.86. The van der Waals surface area contributed by atoms with E-state index in [2.05, 4.69) is 0 Å². The van der Waals surface area contributed by atoms with Crippen LogP contribution in [0.3, 0.4) is 0 Å². The van der Waals surface area contributed by atoms with Crippen molar-refractivity contribution in [1.82, 2.24) is 9.80 Å². The fourth-order valence-electron chi connectivity index (χ4n) is 3.74. The molecule has 2 aromatic rings. The van der Waals surface area contributed by atoms with E-state index >= 15 is 0 Å². The van der Waals surface area contributed by atoms with Gasteiger partial charge in [-0.3, -0.25) is 29.0 Å². The maximum Gasteiger partial charge on any atom is 0.261 e. The Morgan fingerprint density at radius 1 is 0.808 bits per heavy atom. The first-order valence-corrected chi connectivity index (χ1v) is 8.33. The first-order chi connectivity index (χ1) is 12.4. The standard InChI is InChI=1S/C19H16N2O5/c1-3-9(8-22)21-18(25)12-6-4-10-14-11(17(24)20(2)16(10)23)5-7-13(15(12)14)19(21)26/h4-7,9,22H,3,8H2,1-2H3. The molecule has 2 aromatic carbocycles. The van der Waals surface area contributed by atoms with Gasteiger partial charge in [0.05, 0.1) is 12.6 Å². The highest BCUT2D eigenvalue weighted by atomic mass is 16.3. The molecule has 0 radical (unpaired) electrons. The summed E-state index contributed by atoms with van der Waals surface area (Å²) in [5, 5.41) is 10.2. The molecular weight excluding hydrogens is 336 g/mol. The first kappa shape index (κ1) is 16.4. The Labute approximate surface area is 148 Å². The predicted octanol–water partition coefficient (Wildman–Crippen LogP) is 1.43. The van der Waals surface area contributed by atoms with Crippen LogP contribution in [0, 0.1) is 0 Å². The minimum atomic E-state index is -0.625. The highest BCUT2D eigenvalue weighted by Crippen LogP contribution is 2.38. The zero-order valence-electron chi connectivity index (χ0n) is 14.3. The molecule has 26 heavy (non-hydrogen) atoms. The highest BCUT2D eigenvalue weighted by Gasteiger charge is 2.40. The Morgan fingerprint density at radius 3 is 1.54 bits per heavy atom. The third-order valence-electron chi connectivity index (χ3n) is 5.18. The van der Waals surface area contributed by atoms with Crippen molar-refractivity contribution in [3.05, 3.63) is 46.5 Å². The van der Waals surface area contributed by atoms with Gasteiger partial charge in [0.25, 0.3) is 23.6 Å². The van der Waals surface area contributed by atoms with E-state index in [9.17, 15) is 24.3 Å². The molecule has 1 N–H and O–H groups in total. The molecule has 2 aliphatic heterocycles. The van der Waals surface area contributed by atoms with Crippen molar-refractivity contribution in [2.24, 2.45) is 0 Å². The average molecular weight is 352 g/mol. The van der Waals surface area contributed by atoms with Crippen LogP contribution in [-0.4, -0.2) is 58.2 Å². The largest absolute Gasteiger partial charge is 0.394 e. The van der Waals surface area contributed by atoms with E-state index in [1.54, 1.807) is 6.92 Å². The summed E-state index contributed by atoms with van der Waals surface area (Å²) < 4.78 is 0. The van der Waals surface area contributed by atoms with Gasteiger partial charge in [-0.05, 0) is 30.7 Å². The fourth-order valence-corrected chi connectivity index (χ4v) is 3.74. The summed E-state index contributed by atoms with van der Waals surface area (Å²) >= 11 is 0. The number of carbonyl (C=O) groups is 4. The van der Waals surface area contributed by atoms with Crippen LogP contribution in [-0.2, 0) is 0 Å². The van der Waals surface area contributed by atoms with Gasteiger partial charge in [0, 0.05) is 40.1 Å². The Morgan fingerprint density at radius 2 is 1.19 bits per heavy atom. The summed E-state index contributed by atoms with van der Waals surface area (Å²) in [6.45, 7) is 1.45. The summed E-state index contributed by atoms with van der Waals surface area (Å²) in [6.07, 6.45) is 0.421. The Kier molecular flexibility index (Phi) is 3.45. The van der Waals surface area contributed by atoms with E-state index < -0.39 is 29.7 Å². The van der Waals surface area contributed by atoms with E-state index in [-0.39, 0.29) is 17.7 Å². The Hall–Kier alpha value is -3.06. The van der Waals surface area contributed by atoms with Crippen molar-refractivity contribution in [2.45, 2.75) is 19.4 Å². The summed E-state index contributed by atoms with van der Waals surface area (Å²) in [7, 11) is 1.40. The van der Waals surface area contributed by atoms with Crippen molar-refractivity contribution in [1.29, 1.82) is 0 Å². The van der Waals surface area contributed by atoms with Crippen molar-refractivity contribution in [3.63, 3.8) is 0 Å². The minimum Gasteiger partial charge on any atom is -0.394 e. The molecule has 0 aliphatic carbocycles. The zero-order chi connectivity index (χ0) is 18.7. The Bertz CT molecular complexity index is 952. The SMILES string of the molecule is CCC(CO)N1C(=O)c2ccc3c4c(ccc(c24)C1=O)C(=O)N(C)C3=O. The lowest BCUT2D eigenvalue weighted by atomic mass is 9.85. The van der Waals surface area contributed by atoms with Gasteiger partial charge in [-0.1, -0.05) is 6.92 Å². The Balaban J connectivity index is 2.06. The molecule has 132 valence electrons. The van der Waals surface area contributed by atoms with Gasteiger partial charge in [0.15, 0.2) is 0 Å². The van der Waals surface area contributed by atoms with E-state index in [1.807, 2.05) is 0 Å². The average Bonchev–Trinajstić information content (AvgIpc) is 2.65. The molecule has 1 unspecified atom stereocenters. The van der Waals surface area contributed by atoms with Crippen LogP contribution in [0.4, 0.5) is 0 Å². The van der Waals surface area contributed by atoms with E-state index in [0.717, 1.165) is 9.80 Å². The smallest absolute Gasteiger partial charge is 0.261 e. The van der Waals surface area contributed by atoms with Gasteiger partial charge < -0.3 is 5.11 Å². The lowest BCUT2D eigenvalue weighted by Gasteiger charge is -2.34. The number of hydrogen-bond acceptors (Lipinski definition) is 5. The number of rotatable bonds is 3. The molecule has 1 atom stereocenters. The normalized spacial score (nSPS) is 17.3. The number of aliphatic hydroxyl groups excluding tert-OH is 1. The van der Waals surface area contributed by atoms with E-state index in [1.165, 1.54) is 31.3 Å². The van der Waals surface area contributed by atoms with Crippen LogP contribution in [0.15, 0.2) is 24.3 Å². The lowest BCUT2D eigenvalue weighted by molar-refractivity contribution is 0.0464. The summed E-state index contributed by atoms with van der Waals surface area (Å²) in [6, 6.07) is 5.43. The molecule has 2 heterocycles. The molecule has 4 rings (SSSR count). The molecule has 2 aliphatic rings. The van der Waals surface area contributed by atoms with Crippen LogP contribution in [0.1, 0.15) is 54.8 Å². The number of benzene rings is 2. The number of nitrogens with zero attached hydrogens (tertiary/aromatic N) is 2. The predicted molar refractivity (Wildman–Crippen MR) is 92.0 cm³/mol. The molecule has 0 spiro atoms. The topological polar surface area (TPSA) is 95.0 Å². The number of imide groups is 2. The summed E-state index contributed by atoms with van der Waals surface area (Å²) in [4.78, 5) is 52.9. The lowest BCUT2D eigenvalue weighted by Crippen LogP contribution is -2.48. The van der Waals surface area contributed by atoms with Gasteiger partial charge in [0.2, 0.25) is 0 Å².